The number of carbonyl (C=O) groups excluding carboxylic acids is 1. The van der Waals surface area contributed by atoms with Crippen molar-refractivity contribution in [2.24, 2.45) is 0 Å². The first-order valence-electron chi connectivity index (χ1n) is 2.57. The summed E-state index contributed by atoms with van der Waals surface area (Å²) in [4.78, 5) is 10.4. The minimum atomic E-state index is -0.256. The lowest BCUT2D eigenvalue weighted by atomic mass is 10.7. The number of rotatable bonds is 1. The highest BCUT2D eigenvalue weighted by atomic mass is 16.2. The van der Waals surface area contributed by atoms with E-state index in [1.165, 1.54) is 5.12 Å². The lowest BCUT2D eigenvalue weighted by molar-refractivity contribution is 0.233. The zero-order chi connectivity index (χ0) is 6.69. The zero-order valence-electron chi connectivity index (χ0n) is 5.01. The molecule has 1 saturated heterocycles. The fraction of sp³-hybridized carbons (Fsp3) is 0.250. The standard InChI is InChI=1S/C4H8N4O/c1-2-3-8-6-4(9)5-7-8/h2-3,7H,1H3,(H2,5,6,9). The summed E-state index contributed by atoms with van der Waals surface area (Å²) in [6.45, 7) is 1.85. The van der Waals surface area contributed by atoms with Crippen LogP contribution in [0.25, 0.3) is 0 Å². The number of urea groups is 1. The molecule has 0 bridgehead atoms. The third-order valence-corrected chi connectivity index (χ3v) is 0.810. The van der Waals surface area contributed by atoms with Crippen molar-refractivity contribution < 1.29 is 4.79 Å². The molecule has 0 saturated carbocycles. The second kappa shape index (κ2) is 2.36. The summed E-state index contributed by atoms with van der Waals surface area (Å²) in [5.74, 6) is 0. The maximum atomic E-state index is 10.4. The zero-order valence-corrected chi connectivity index (χ0v) is 5.01. The molecule has 50 valence electrons. The van der Waals surface area contributed by atoms with Crippen LogP contribution in [0.5, 0.6) is 0 Å². The fourth-order valence-electron chi connectivity index (χ4n) is 0.500. The number of carbonyl (C=O) groups is 1. The van der Waals surface area contributed by atoms with Crippen molar-refractivity contribution in [2.75, 3.05) is 0 Å². The average Bonchev–Trinajstić information content (AvgIpc) is 2.17. The Morgan fingerprint density at radius 2 is 2.44 bits per heavy atom. The Morgan fingerprint density at radius 1 is 1.67 bits per heavy atom. The van der Waals surface area contributed by atoms with Crippen LogP contribution in [0.3, 0.4) is 0 Å². The van der Waals surface area contributed by atoms with Crippen LogP contribution in [0.1, 0.15) is 6.92 Å². The molecule has 3 N–H and O–H groups in total. The molecule has 0 spiro atoms. The van der Waals surface area contributed by atoms with Crippen LogP contribution >= 0.6 is 0 Å². The summed E-state index contributed by atoms with van der Waals surface area (Å²) >= 11 is 0. The summed E-state index contributed by atoms with van der Waals surface area (Å²) in [6, 6.07) is -0.256. The van der Waals surface area contributed by atoms with E-state index in [9.17, 15) is 4.79 Å². The topological polar surface area (TPSA) is 56.4 Å². The number of hydrazine groups is 3. The molecule has 1 heterocycles. The van der Waals surface area contributed by atoms with Crippen molar-refractivity contribution in [3.8, 4) is 0 Å². The molecule has 0 aromatic rings. The van der Waals surface area contributed by atoms with Gasteiger partial charge in [-0.05, 0) is 6.92 Å². The summed E-state index contributed by atoms with van der Waals surface area (Å²) in [5, 5.41) is 1.42. The number of allylic oxidation sites excluding steroid dienone is 1. The predicted molar refractivity (Wildman–Crippen MR) is 31.5 cm³/mol. The van der Waals surface area contributed by atoms with Gasteiger partial charge in [0, 0.05) is 6.20 Å². The maximum absolute atomic E-state index is 10.4. The highest BCUT2D eigenvalue weighted by Gasteiger charge is 2.10. The molecule has 0 unspecified atom stereocenters. The molecule has 0 radical (unpaired) electrons. The lowest BCUT2D eigenvalue weighted by Gasteiger charge is -2.06. The number of nitrogens with zero attached hydrogens (tertiary/aromatic N) is 1. The van der Waals surface area contributed by atoms with Gasteiger partial charge in [0.05, 0.1) is 0 Å². The number of amides is 2. The van der Waals surface area contributed by atoms with E-state index in [0.717, 1.165) is 0 Å². The molecule has 0 atom stereocenters. The third-order valence-electron chi connectivity index (χ3n) is 0.810. The molecule has 0 aliphatic carbocycles. The normalized spacial score (nSPS) is 18.3. The highest BCUT2D eigenvalue weighted by molar-refractivity contribution is 5.74. The van der Waals surface area contributed by atoms with E-state index in [-0.39, 0.29) is 6.03 Å². The van der Waals surface area contributed by atoms with E-state index in [1.54, 1.807) is 12.3 Å². The van der Waals surface area contributed by atoms with Gasteiger partial charge in [-0.3, -0.25) is 5.43 Å². The van der Waals surface area contributed by atoms with Crippen molar-refractivity contribution in [1.82, 2.24) is 21.5 Å². The number of nitrogens with one attached hydrogen (secondary N) is 3. The number of hydrogen-bond donors (Lipinski definition) is 3. The molecule has 5 nitrogen and oxygen atoms in total. The molecule has 1 aliphatic heterocycles. The van der Waals surface area contributed by atoms with Gasteiger partial charge >= 0.3 is 6.03 Å². The van der Waals surface area contributed by atoms with Crippen LogP contribution in [0, 0.1) is 0 Å². The highest BCUT2D eigenvalue weighted by Crippen LogP contribution is 1.81. The Bertz CT molecular complexity index is 144. The average molecular weight is 128 g/mol. The monoisotopic (exact) mass is 128 g/mol. The van der Waals surface area contributed by atoms with Crippen LogP contribution in [-0.4, -0.2) is 11.1 Å². The van der Waals surface area contributed by atoms with Gasteiger partial charge in [-0.2, -0.15) is 0 Å². The summed E-state index contributed by atoms with van der Waals surface area (Å²) < 4.78 is 0. The molecule has 1 aliphatic rings. The van der Waals surface area contributed by atoms with Crippen molar-refractivity contribution in [2.45, 2.75) is 6.92 Å². The Balaban J connectivity index is 2.39. The lowest BCUT2D eigenvalue weighted by Crippen LogP contribution is -2.35. The van der Waals surface area contributed by atoms with E-state index in [2.05, 4.69) is 16.4 Å². The van der Waals surface area contributed by atoms with Gasteiger partial charge in [0.15, 0.2) is 0 Å². The molecule has 5 heteroatoms. The van der Waals surface area contributed by atoms with E-state index >= 15 is 0 Å². The first-order chi connectivity index (χ1) is 4.33. The van der Waals surface area contributed by atoms with Gasteiger partial charge in [-0.1, -0.05) is 6.08 Å². The Hall–Kier alpha value is -1.23. The predicted octanol–water partition coefficient (Wildman–Crippen LogP) is -0.531. The van der Waals surface area contributed by atoms with Gasteiger partial charge in [0.1, 0.15) is 0 Å². The molecule has 1 rings (SSSR count). The largest absolute Gasteiger partial charge is 0.350 e. The van der Waals surface area contributed by atoms with E-state index in [1.807, 2.05) is 6.92 Å². The van der Waals surface area contributed by atoms with E-state index in [4.69, 9.17) is 0 Å². The maximum Gasteiger partial charge on any atom is 0.350 e. The van der Waals surface area contributed by atoms with Crippen LogP contribution in [0.2, 0.25) is 0 Å². The summed E-state index contributed by atoms with van der Waals surface area (Å²) in [5.41, 5.74) is 7.31. The molecule has 0 aromatic carbocycles. The summed E-state index contributed by atoms with van der Waals surface area (Å²) in [6.07, 6.45) is 3.47. The first-order valence-corrected chi connectivity index (χ1v) is 2.57. The SMILES string of the molecule is CC=CN1NNC(=O)N1. The molecular formula is C4H8N4O. The fourth-order valence-corrected chi connectivity index (χ4v) is 0.500. The van der Waals surface area contributed by atoms with Gasteiger partial charge in [-0.15, -0.1) is 5.53 Å². The second-order valence-corrected chi connectivity index (χ2v) is 1.53. The number of hydrogen-bond acceptors (Lipinski definition) is 3. The van der Waals surface area contributed by atoms with E-state index in [0.29, 0.717) is 0 Å². The Morgan fingerprint density at radius 3 is 2.89 bits per heavy atom. The first kappa shape index (κ1) is 5.90. The van der Waals surface area contributed by atoms with Crippen LogP contribution in [0.4, 0.5) is 4.79 Å². The van der Waals surface area contributed by atoms with Crippen molar-refractivity contribution in [1.29, 1.82) is 0 Å². The van der Waals surface area contributed by atoms with Gasteiger partial charge < -0.3 is 0 Å². The van der Waals surface area contributed by atoms with Crippen LogP contribution in [0.15, 0.2) is 12.3 Å². The van der Waals surface area contributed by atoms with Crippen molar-refractivity contribution in [3.63, 3.8) is 0 Å². The quantitative estimate of drug-likeness (QED) is 0.445. The van der Waals surface area contributed by atoms with Gasteiger partial charge in [-0.25, -0.2) is 15.3 Å². The minimum Gasteiger partial charge on any atom is -0.252 e. The molecule has 2 amide bonds. The van der Waals surface area contributed by atoms with Gasteiger partial charge in [0.25, 0.3) is 0 Å². The summed E-state index contributed by atoms with van der Waals surface area (Å²) in [7, 11) is 0. The van der Waals surface area contributed by atoms with Crippen LogP contribution in [-0.2, 0) is 0 Å². The Kier molecular flexibility index (Phi) is 1.55. The van der Waals surface area contributed by atoms with Crippen molar-refractivity contribution >= 4 is 6.03 Å². The van der Waals surface area contributed by atoms with Crippen molar-refractivity contribution in [3.05, 3.63) is 12.3 Å². The van der Waals surface area contributed by atoms with Gasteiger partial charge in [0.2, 0.25) is 0 Å². The van der Waals surface area contributed by atoms with E-state index < -0.39 is 0 Å². The second-order valence-electron chi connectivity index (χ2n) is 1.53. The molecular weight excluding hydrogens is 120 g/mol. The third kappa shape index (κ3) is 1.33. The molecule has 1 fully saturated rings. The Labute approximate surface area is 52.6 Å². The molecule has 0 aromatic heterocycles. The molecule has 9 heavy (non-hydrogen) atoms. The van der Waals surface area contributed by atoms with Crippen LogP contribution < -0.4 is 16.4 Å². The smallest absolute Gasteiger partial charge is 0.252 e. The minimum absolute atomic E-state index is 0.256.